The molecule has 30 heavy (non-hydrogen) atoms. The summed E-state index contributed by atoms with van der Waals surface area (Å²) in [7, 11) is 0. The molecule has 0 spiro atoms. The van der Waals surface area contributed by atoms with Crippen molar-refractivity contribution in [3.63, 3.8) is 0 Å². The highest BCUT2D eigenvalue weighted by atomic mass is 35.5. The van der Waals surface area contributed by atoms with Gasteiger partial charge in [-0.05, 0) is 48.9 Å². The van der Waals surface area contributed by atoms with E-state index in [4.69, 9.17) is 16.3 Å². The first-order valence-electron chi connectivity index (χ1n) is 9.52. The van der Waals surface area contributed by atoms with Crippen LogP contribution in [0.5, 0.6) is 5.75 Å². The molecular weight excluding hydrogens is 408 g/mol. The Bertz CT molecular complexity index is 1130. The molecule has 0 amide bonds. The number of nitrogens with one attached hydrogen (secondary N) is 1. The Kier molecular flexibility index (Phi) is 6.79. The van der Waals surface area contributed by atoms with Crippen LogP contribution in [0.2, 0.25) is 5.02 Å². The number of aromatic nitrogens is 3. The SMILES string of the molecule is CCOc1ccc(/N=c2\[nH]n(C[C@@H](C)C(=O)O)c(=O)n2Cc2ccc(Cl)cc2)cc1. The zero-order valence-corrected chi connectivity index (χ0v) is 17.5. The highest BCUT2D eigenvalue weighted by molar-refractivity contribution is 6.30. The number of carboxylic acids is 1. The molecule has 0 aliphatic heterocycles. The number of aliphatic carboxylic acids is 1. The Morgan fingerprint density at radius 3 is 2.47 bits per heavy atom. The lowest BCUT2D eigenvalue weighted by atomic mass is 10.2. The number of halogens is 1. The fourth-order valence-electron chi connectivity index (χ4n) is 2.85. The van der Waals surface area contributed by atoms with E-state index in [0.717, 1.165) is 11.3 Å². The van der Waals surface area contributed by atoms with Crippen molar-refractivity contribution in [2.24, 2.45) is 10.9 Å². The van der Waals surface area contributed by atoms with E-state index in [1.54, 1.807) is 43.3 Å². The highest BCUT2D eigenvalue weighted by Crippen LogP contribution is 2.17. The molecule has 0 radical (unpaired) electrons. The molecular formula is C21H23ClN4O4. The van der Waals surface area contributed by atoms with Crippen molar-refractivity contribution in [1.29, 1.82) is 0 Å². The van der Waals surface area contributed by atoms with E-state index >= 15 is 0 Å². The Hall–Kier alpha value is -3.26. The van der Waals surface area contributed by atoms with Gasteiger partial charge >= 0.3 is 11.7 Å². The second-order valence-electron chi connectivity index (χ2n) is 6.82. The topological polar surface area (TPSA) is 102 Å². The van der Waals surface area contributed by atoms with E-state index in [9.17, 15) is 14.7 Å². The van der Waals surface area contributed by atoms with E-state index < -0.39 is 11.9 Å². The zero-order valence-electron chi connectivity index (χ0n) is 16.7. The molecule has 0 saturated carbocycles. The Morgan fingerprint density at radius 1 is 1.20 bits per heavy atom. The van der Waals surface area contributed by atoms with Gasteiger partial charge in [-0.25, -0.2) is 14.5 Å². The largest absolute Gasteiger partial charge is 0.494 e. The second kappa shape index (κ2) is 9.49. The molecule has 1 aromatic heterocycles. The van der Waals surface area contributed by atoms with Gasteiger partial charge in [-0.3, -0.25) is 14.5 Å². The molecule has 0 unspecified atom stereocenters. The quantitative estimate of drug-likeness (QED) is 0.573. The molecule has 0 aliphatic carbocycles. The molecule has 0 bridgehead atoms. The fraction of sp³-hybridized carbons (Fsp3) is 0.286. The minimum atomic E-state index is -0.981. The second-order valence-corrected chi connectivity index (χ2v) is 7.26. The van der Waals surface area contributed by atoms with Crippen molar-refractivity contribution in [3.05, 3.63) is 75.2 Å². The first-order chi connectivity index (χ1) is 14.4. The van der Waals surface area contributed by atoms with Gasteiger partial charge in [0, 0.05) is 5.02 Å². The summed E-state index contributed by atoms with van der Waals surface area (Å²) in [6, 6.07) is 14.3. The molecule has 3 rings (SSSR count). The number of hydrogen-bond donors (Lipinski definition) is 2. The third-order valence-corrected chi connectivity index (χ3v) is 4.72. The maximum atomic E-state index is 12.9. The monoisotopic (exact) mass is 430 g/mol. The van der Waals surface area contributed by atoms with Gasteiger partial charge in [-0.15, -0.1) is 0 Å². The van der Waals surface area contributed by atoms with E-state index in [1.807, 2.05) is 19.1 Å². The number of H-pyrrole nitrogens is 1. The van der Waals surface area contributed by atoms with Crippen LogP contribution in [0.4, 0.5) is 5.69 Å². The van der Waals surface area contributed by atoms with Gasteiger partial charge in [0.05, 0.1) is 31.3 Å². The van der Waals surface area contributed by atoms with Crippen molar-refractivity contribution in [3.8, 4) is 5.75 Å². The third kappa shape index (κ3) is 5.21. The normalized spacial score (nSPS) is 12.7. The summed E-state index contributed by atoms with van der Waals surface area (Å²) >= 11 is 5.95. The summed E-state index contributed by atoms with van der Waals surface area (Å²) in [6.45, 7) is 4.28. The smallest absolute Gasteiger partial charge is 0.345 e. The number of carbonyl (C=O) groups is 1. The van der Waals surface area contributed by atoms with Crippen LogP contribution in [-0.2, 0) is 17.9 Å². The molecule has 9 heteroatoms. The Balaban J connectivity index is 2.03. The predicted molar refractivity (Wildman–Crippen MR) is 113 cm³/mol. The van der Waals surface area contributed by atoms with Gasteiger partial charge in [-0.2, -0.15) is 0 Å². The zero-order chi connectivity index (χ0) is 21.7. The molecule has 1 atom stereocenters. The molecule has 2 aromatic carbocycles. The van der Waals surface area contributed by atoms with E-state index in [2.05, 4.69) is 10.1 Å². The van der Waals surface area contributed by atoms with Crippen LogP contribution < -0.4 is 16.0 Å². The van der Waals surface area contributed by atoms with Crippen LogP contribution >= 0.6 is 11.6 Å². The summed E-state index contributed by atoms with van der Waals surface area (Å²) in [5.74, 6) is -0.985. The predicted octanol–water partition coefficient (Wildman–Crippen LogP) is 3.03. The average Bonchev–Trinajstić information content (AvgIpc) is 3.00. The highest BCUT2D eigenvalue weighted by Gasteiger charge is 2.16. The van der Waals surface area contributed by atoms with Gasteiger partial charge in [0.2, 0.25) is 5.62 Å². The summed E-state index contributed by atoms with van der Waals surface area (Å²) in [5.41, 5.74) is 1.43. The van der Waals surface area contributed by atoms with Crippen LogP contribution in [0.15, 0.2) is 58.3 Å². The van der Waals surface area contributed by atoms with Gasteiger partial charge in [0.25, 0.3) is 0 Å². The number of aromatic amines is 1. The van der Waals surface area contributed by atoms with Crippen molar-refractivity contribution in [2.45, 2.75) is 26.9 Å². The molecule has 0 fully saturated rings. The van der Waals surface area contributed by atoms with Gasteiger partial charge in [0.1, 0.15) is 5.75 Å². The van der Waals surface area contributed by atoms with E-state index in [0.29, 0.717) is 22.9 Å². The van der Waals surface area contributed by atoms with Crippen molar-refractivity contribution >= 4 is 23.3 Å². The molecule has 2 N–H and O–H groups in total. The third-order valence-electron chi connectivity index (χ3n) is 4.47. The molecule has 0 aliphatic rings. The lowest BCUT2D eigenvalue weighted by Gasteiger charge is -2.05. The lowest BCUT2D eigenvalue weighted by molar-refractivity contribution is -0.141. The van der Waals surface area contributed by atoms with E-state index in [-0.39, 0.29) is 18.8 Å². The number of hydrogen-bond acceptors (Lipinski definition) is 4. The standard InChI is InChI=1S/C21H23ClN4O4/c1-3-30-18-10-8-17(9-11-18)23-20-24-26(12-14(2)19(27)28)21(29)25(20)13-15-4-6-16(22)7-5-15/h4-11,14H,3,12-13H2,1-2H3,(H,23,24)(H,27,28)/t14-/m1/s1. The minimum Gasteiger partial charge on any atom is -0.494 e. The number of rotatable bonds is 8. The number of ether oxygens (including phenoxy) is 1. The molecule has 8 nitrogen and oxygen atoms in total. The summed E-state index contributed by atoms with van der Waals surface area (Å²) in [4.78, 5) is 28.7. The number of nitrogens with zero attached hydrogens (tertiary/aromatic N) is 3. The van der Waals surface area contributed by atoms with Crippen LogP contribution in [0.1, 0.15) is 19.4 Å². The maximum absolute atomic E-state index is 12.9. The molecule has 158 valence electrons. The minimum absolute atomic E-state index is 0.00752. The van der Waals surface area contributed by atoms with Gasteiger partial charge < -0.3 is 9.84 Å². The molecule has 1 heterocycles. The van der Waals surface area contributed by atoms with Gasteiger partial charge in [-0.1, -0.05) is 30.7 Å². The first kappa shape index (κ1) is 21.4. The van der Waals surface area contributed by atoms with Crippen molar-refractivity contribution in [2.75, 3.05) is 6.61 Å². The Labute approximate surface area is 178 Å². The van der Waals surface area contributed by atoms with Crippen molar-refractivity contribution in [1.82, 2.24) is 14.3 Å². The summed E-state index contributed by atoms with van der Waals surface area (Å²) in [5, 5.41) is 12.7. The summed E-state index contributed by atoms with van der Waals surface area (Å²) < 4.78 is 8.17. The van der Waals surface area contributed by atoms with E-state index in [1.165, 1.54) is 9.25 Å². The number of carboxylic acid groups (broad SMARTS) is 1. The van der Waals surface area contributed by atoms with Crippen LogP contribution in [0.25, 0.3) is 0 Å². The fourth-order valence-corrected chi connectivity index (χ4v) is 2.97. The number of benzene rings is 2. The van der Waals surface area contributed by atoms with Crippen LogP contribution in [0, 0.1) is 5.92 Å². The van der Waals surface area contributed by atoms with Crippen LogP contribution in [-0.4, -0.2) is 32.0 Å². The first-order valence-corrected chi connectivity index (χ1v) is 9.89. The maximum Gasteiger partial charge on any atom is 0.345 e. The molecule has 0 saturated heterocycles. The van der Waals surface area contributed by atoms with Crippen LogP contribution in [0.3, 0.4) is 0 Å². The molecule has 3 aromatic rings. The lowest BCUT2D eigenvalue weighted by Crippen LogP contribution is -2.31. The van der Waals surface area contributed by atoms with Gasteiger partial charge in [0.15, 0.2) is 0 Å². The summed E-state index contributed by atoms with van der Waals surface area (Å²) in [6.07, 6.45) is 0. The average molecular weight is 431 g/mol. The van der Waals surface area contributed by atoms with Crippen molar-refractivity contribution < 1.29 is 14.6 Å². The Morgan fingerprint density at radius 2 is 1.87 bits per heavy atom.